The van der Waals surface area contributed by atoms with Crippen LogP contribution < -0.4 is 0 Å². The third-order valence-corrected chi connectivity index (χ3v) is 21.8. The molecule has 0 aromatic rings. The predicted molar refractivity (Wildman–Crippen MR) is 186 cm³/mol. The van der Waals surface area contributed by atoms with Crippen molar-refractivity contribution in [2.24, 2.45) is 62.1 Å². The average Bonchev–Trinajstić information content (AvgIpc) is 3.59. The Hall–Kier alpha value is -0.393. The Morgan fingerprint density at radius 2 is 1.51 bits per heavy atom. The molecule has 0 N–H and O–H groups in total. The van der Waals surface area contributed by atoms with Gasteiger partial charge in [0.25, 0.3) is 0 Å². The number of ether oxygens (including phenoxy) is 2. The standard InChI is InChI=1S/C40H70O4Si/c1-14-45(15-2,16-3)44-34-32-31(25(4)23-28(43-32)33(35(7,8)9)42-27(6)41)37(12)21-22-40-24-39(40)20-19-26(5)36(10,11)29(39)17-18-30(40)38(34,37)13/h25-26,28-34H,14-24H2,1-13H3/t25?,26?,28?,29-,30-,31?,32?,33-,34-,37+,38+,39+,40?/m0/s1. The van der Waals surface area contributed by atoms with Gasteiger partial charge in [0.05, 0.1) is 18.3 Å². The largest absolute Gasteiger partial charge is 0.459 e. The summed E-state index contributed by atoms with van der Waals surface area (Å²) in [7, 11) is -1.95. The Morgan fingerprint density at radius 3 is 2.09 bits per heavy atom. The second kappa shape index (κ2) is 10.8. The van der Waals surface area contributed by atoms with E-state index in [4.69, 9.17) is 13.9 Å². The molecule has 45 heavy (non-hydrogen) atoms. The fraction of sp³-hybridized carbons (Fsp3) is 0.975. The van der Waals surface area contributed by atoms with Gasteiger partial charge in [-0.25, -0.2) is 0 Å². The molecule has 1 saturated heterocycles. The Bertz CT molecular complexity index is 1150. The molecule has 1 heterocycles. The first kappa shape index (κ1) is 34.5. The SMILES string of the molecule is CC[Si](CC)(CC)O[C@H]1C2OC([C@H](OC(C)=O)C(C)(C)C)CC(C)C2[C@@]2(C)CCC34C[C@@]35CCC(C)C(C)(C)[C@@H]5CC[C@H]4[C@]12C. The molecule has 0 aromatic carbocycles. The van der Waals surface area contributed by atoms with Crippen molar-refractivity contribution in [1.29, 1.82) is 0 Å². The maximum atomic E-state index is 12.4. The molecule has 258 valence electrons. The lowest BCUT2D eigenvalue weighted by atomic mass is 9.41. The molecular weight excluding hydrogens is 573 g/mol. The predicted octanol–water partition coefficient (Wildman–Crippen LogP) is 10.4. The molecule has 2 spiro atoms. The van der Waals surface area contributed by atoms with Crippen LogP contribution in [0.1, 0.15) is 141 Å². The van der Waals surface area contributed by atoms with E-state index in [1.165, 1.54) is 63.1 Å². The van der Waals surface area contributed by atoms with Crippen molar-refractivity contribution in [2.45, 2.75) is 184 Å². The van der Waals surface area contributed by atoms with Gasteiger partial charge in [-0.15, -0.1) is 0 Å². The molecule has 6 aliphatic rings. The van der Waals surface area contributed by atoms with Crippen molar-refractivity contribution in [3.8, 4) is 0 Å². The molecule has 13 atom stereocenters. The van der Waals surface area contributed by atoms with Crippen molar-refractivity contribution in [1.82, 2.24) is 0 Å². The first-order valence-electron chi connectivity index (χ1n) is 19.3. The van der Waals surface area contributed by atoms with Crippen molar-refractivity contribution in [2.75, 3.05) is 0 Å². The Kier molecular flexibility index (Phi) is 8.27. The third kappa shape index (κ3) is 4.49. The monoisotopic (exact) mass is 643 g/mol. The highest BCUT2D eigenvalue weighted by atomic mass is 28.4. The number of esters is 1. The highest BCUT2D eigenvalue weighted by molar-refractivity contribution is 6.73. The summed E-state index contributed by atoms with van der Waals surface area (Å²) in [5, 5.41) is 0. The Balaban J connectivity index is 1.45. The van der Waals surface area contributed by atoms with Crippen molar-refractivity contribution in [3.63, 3.8) is 0 Å². The van der Waals surface area contributed by atoms with Gasteiger partial charge in [0.2, 0.25) is 0 Å². The smallest absolute Gasteiger partial charge is 0.303 e. The quantitative estimate of drug-likeness (QED) is 0.205. The van der Waals surface area contributed by atoms with Gasteiger partial charge in [-0.2, -0.15) is 0 Å². The number of hydrogen-bond donors (Lipinski definition) is 0. The molecule has 6 rings (SSSR count). The van der Waals surface area contributed by atoms with Crippen LogP contribution in [0.15, 0.2) is 0 Å². The molecular formula is C40H70O4Si. The van der Waals surface area contributed by atoms with Gasteiger partial charge in [0, 0.05) is 17.8 Å². The first-order chi connectivity index (χ1) is 20.8. The van der Waals surface area contributed by atoms with Crippen LogP contribution in [0.25, 0.3) is 0 Å². The highest BCUT2D eigenvalue weighted by Gasteiger charge is 2.85. The minimum Gasteiger partial charge on any atom is -0.459 e. The van der Waals surface area contributed by atoms with E-state index in [9.17, 15) is 4.79 Å². The lowest BCUT2D eigenvalue weighted by Gasteiger charge is -2.64. The lowest BCUT2D eigenvalue weighted by Crippen LogP contribution is -2.61. The van der Waals surface area contributed by atoms with Crippen molar-refractivity contribution < 1.29 is 18.7 Å². The molecule has 1 aliphatic heterocycles. The Labute approximate surface area is 278 Å². The number of fused-ring (bicyclic) bond motifs is 4. The number of hydrogen-bond acceptors (Lipinski definition) is 4. The second-order valence-electron chi connectivity index (χ2n) is 19.7. The van der Waals surface area contributed by atoms with Crippen LogP contribution in [0.2, 0.25) is 18.1 Å². The van der Waals surface area contributed by atoms with E-state index in [2.05, 4.69) is 83.1 Å². The molecule has 0 aromatic heterocycles. The second-order valence-corrected chi connectivity index (χ2v) is 24.4. The van der Waals surface area contributed by atoms with Crippen LogP contribution in [0.5, 0.6) is 0 Å². The van der Waals surface area contributed by atoms with Gasteiger partial charge in [-0.1, -0.05) is 83.1 Å². The van der Waals surface area contributed by atoms with E-state index >= 15 is 0 Å². The van der Waals surface area contributed by atoms with E-state index < -0.39 is 8.32 Å². The van der Waals surface area contributed by atoms with Crippen LogP contribution in [0, 0.1) is 62.1 Å². The minimum atomic E-state index is -1.95. The molecule has 0 bridgehead atoms. The van der Waals surface area contributed by atoms with E-state index in [0.29, 0.717) is 34.0 Å². The summed E-state index contributed by atoms with van der Waals surface area (Å²) in [4.78, 5) is 12.4. The van der Waals surface area contributed by atoms with Crippen molar-refractivity contribution >= 4 is 14.3 Å². The fourth-order valence-electron chi connectivity index (χ4n) is 14.1. The topological polar surface area (TPSA) is 44.8 Å². The zero-order valence-corrected chi connectivity index (χ0v) is 32.6. The first-order valence-corrected chi connectivity index (χ1v) is 21.9. The van der Waals surface area contributed by atoms with Crippen LogP contribution in [0.3, 0.4) is 0 Å². The summed E-state index contributed by atoms with van der Waals surface area (Å²) in [5.41, 5.74) is 1.55. The Morgan fingerprint density at radius 1 is 0.911 bits per heavy atom. The van der Waals surface area contributed by atoms with Crippen LogP contribution in [-0.2, 0) is 18.7 Å². The zero-order valence-electron chi connectivity index (χ0n) is 31.6. The molecule has 6 unspecified atom stereocenters. The maximum Gasteiger partial charge on any atom is 0.303 e. The third-order valence-electron chi connectivity index (χ3n) is 17.1. The summed E-state index contributed by atoms with van der Waals surface area (Å²) in [6, 6.07) is 3.52. The fourth-order valence-corrected chi connectivity index (χ4v) is 17.0. The summed E-state index contributed by atoms with van der Waals surface area (Å²) < 4.78 is 21.5. The number of carbonyl (C=O) groups is 1. The van der Waals surface area contributed by atoms with Crippen molar-refractivity contribution in [3.05, 3.63) is 0 Å². The molecule has 0 radical (unpaired) electrons. The average molecular weight is 643 g/mol. The highest BCUT2D eigenvalue weighted by Crippen LogP contribution is 2.89. The van der Waals surface area contributed by atoms with Crippen LogP contribution >= 0.6 is 0 Å². The molecule has 5 saturated carbocycles. The van der Waals surface area contributed by atoms with E-state index in [1.807, 2.05) is 0 Å². The summed E-state index contributed by atoms with van der Waals surface area (Å²) in [5.74, 6) is 3.18. The maximum absolute atomic E-state index is 12.4. The van der Waals surface area contributed by atoms with Gasteiger partial charge >= 0.3 is 5.97 Å². The normalized spacial score (nSPS) is 49.1. The number of carbonyl (C=O) groups excluding carboxylic acids is 1. The van der Waals surface area contributed by atoms with Gasteiger partial charge in [0.1, 0.15) is 6.10 Å². The van der Waals surface area contributed by atoms with Gasteiger partial charge in [-0.05, 0) is 121 Å². The molecule has 0 amide bonds. The molecule has 4 nitrogen and oxygen atoms in total. The van der Waals surface area contributed by atoms with Gasteiger partial charge in [0.15, 0.2) is 8.32 Å². The van der Waals surface area contributed by atoms with Gasteiger partial charge in [-0.3, -0.25) is 4.79 Å². The molecule has 5 aliphatic carbocycles. The zero-order chi connectivity index (χ0) is 33.2. The molecule has 5 heteroatoms. The minimum absolute atomic E-state index is 0.0658. The van der Waals surface area contributed by atoms with Crippen LogP contribution in [-0.4, -0.2) is 38.7 Å². The van der Waals surface area contributed by atoms with E-state index in [1.54, 1.807) is 6.92 Å². The summed E-state index contributed by atoms with van der Waals surface area (Å²) in [6.07, 6.45) is 10.6. The number of rotatable bonds is 7. The molecule has 6 fully saturated rings. The van der Waals surface area contributed by atoms with E-state index in [0.717, 1.165) is 18.3 Å². The summed E-state index contributed by atoms with van der Waals surface area (Å²) >= 11 is 0. The van der Waals surface area contributed by atoms with Crippen LogP contribution in [0.4, 0.5) is 0 Å². The summed E-state index contributed by atoms with van der Waals surface area (Å²) in [6.45, 7) is 31.1. The van der Waals surface area contributed by atoms with Gasteiger partial charge < -0.3 is 13.9 Å². The van der Waals surface area contributed by atoms with E-state index in [-0.39, 0.29) is 46.6 Å². The lowest BCUT2D eigenvalue weighted by molar-refractivity contribution is -0.202.